The van der Waals surface area contributed by atoms with Crippen molar-refractivity contribution < 1.29 is 17.6 Å². The molecule has 0 spiro atoms. The summed E-state index contributed by atoms with van der Waals surface area (Å²) in [6.07, 6.45) is -4.18. The Bertz CT molecular complexity index is 919. The molecular weight excluding hydrogens is 352 g/mol. The van der Waals surface area contributed by atoms with Crippen LogP contribution in [0.3, 0.4) is 0 Å². The summed E-state index contributed by atoms with van der Waals surface area (Å²) in [7, 11) is 3.19. The van der Waals surface area contributed by atoms with E-state index in [9.17, 15) is 17.6 Å². The number of benzene rings is 1. The van der Waals surface area contributed by atoms with Crippen molar-refractivity contribution in [1.82, 2.24) is 19.9 Å². The van der Waals surface area contributed by atoms with Crippen molar-refractivity contribution in [3.63, 3.8) is 0 Å². The van der Waals surface area contributed by atoms with Crippen molar-refractivity contribution >= 4 is 22.8 Å². The molecule has 2 heterocycles. The average Bonchev–Trinajstić information content (AvgIpc) is 2.95. The summed E-state index contributed by atoms with van der Waals surface area (Å²) >= 11 is 0. The standard InChI is InChI=1S/C16H16F4N6/c1-26(2)14-8-12(16(18,19)20)24-15(25-14)21-6-5-13-22-10-4-3-9(17)7-11(10)23-13/h3-4,7-8H,5-6H2,1-2H3,(H,22,23)(H,21,24,25). The molecular formula is C16H16F4N6. The van der Waals surface area contributed by atoms with E-state index in [-0.39, 0.29) is 24.1 Å². The summed E-state index contributed by atoms with van der Waals surface area (Å²) < 4.78 is 52.1. The maximum Gasteiger partial charge on any atom is 0.433 e. The van der Waals surface area contributed by atoms with Crippen molar-refractivity contribution in [3.8, 4) is 0 Å². The van der Waals surface area contributed by atoms with E-state index in [2.05, 4.69) is 25.3 Å². The lowest BCUT2D eigenvalue weighted by atomic mass is 10.3. The fourth-order valence-corrected chi connectivity index (χ4v) is 2.33. The molecule has 26 heavy (non-hydrogen) atoms. The van der Waals surface area contributed by atoms with Gasteiger partial charge in [-0.15, -0.1) is 0 Å². The lowest BCUT2D eigenvalue weighted by Crippen LogP contribution is -2.18. The molecule has 0 aliphatic carbocycles. The van der Waals surface area contributed by atoms with Gasteiger partial charge in [0.1, 0.15) is 17.5 Å². The van der Waals surface area contributed by atoms with Crippen LogP contribution < -0.4 is 10.2 Å². The Hall–Kier alpha value is -2.91. The largest absolute Gasteiger partial charge is 0.433 e. The van der Waals surface area contributed by atoms with Crippen LogP contribution in [0.5, 0.6) is 0 Å². The number of halogens is 4. The first kappa shape index (κ1) is 17.9. The molecule has 138 valence electrons. The van der Waals surface area contributed by atoms with Crippen LogP contribution in [0.1, 0.15) is 11.5 Å². The number of nitrogens with zero attached hydrogens (tertiary/aromatic N) is 4. The molecule has 0 unspecified atom stereocenters. The number of rotatable bonds is 5. The van der Waals surface area contributed by atoms with Gasteiger partial charge in [-0.2, -0.15) is 18.2 Å². The zero-order valence-corrected chi connectivity index (χ0v) is 14.0. The normalized spacial score (nSPS) is 11.8. The minimum absolute atomic E-state index is 0.120. The van der Waals surface area contributed by atoms with Gasteiger partial charge in [-0.25, -0.2) is 14.4 Å². The van der Waals surface area contributed by atoms with Crippen LogP contribution in [0.15, 0.2) is 24.3 Å². The Kier molecular flexibility index (Phi) is 4.66. The molecule has 0 aliphatic heterocycles. The van der Waals surface area contributed by atoms with Crippen molar-refractivity contribution in [2.24, 2.45) is 0 Å². The van der Waals surface area contributed by atoms with Gasteiger partial charge in [-0.05, 0) is 18.2 Å². The first-order valence-corrected chi connectivity index (χ1v) is 7.74. The number of aromatic nitrogens is 4. The first-order valence-electron chi connectivity index (χ1n) is 7.74. The van der Waals surface area contributed by atoms with E-state index in [0.29, 0.717) is 23.3 Å². The highest BCUT2D eigenvalue weighted by molar-refractivity contribution is 5.74. The zero-order valence-electron chi connectivity index (χ0n) is 14.0. The van der Waals surface area contributed by atoms with E-state index in [1.165, 1.54) is 17.0 Å². The van der Waals surface area contributed by atoms with Gasteiger partial charge in [0.15, 0.2) is 5.69 Å². The third-order valence-electron chi connectivity index (χ3n) is 3.60. The lowest BCUT2D eigenvalue weighted by molar-refractivity contribution is -0.141. The number of nitrogens with one attached hydrogen (secondary N) is 2. The quantitative estimate of drug-likeness (QED) is 0.677. The van der Waals surface area contributed by atoms with Gasteiger partial charge in [0.2, 0.25) is 5.95 Å². The lowest BCUT2D eigenvalue weighted by Gasteiger charge is -2.15. The molecule has 0 amide bonds. The van der Waals surface area contributed by atoms with Crippen molar-refractivity contribution in [3.05, 3.63) is 41.6 Å². The number of hydrogen-bond donors (Lipinski definition) is 2. The summed E-state index contributed by atoms with van der Waals surface area (Å²) in [5.41, 5.74) is 0.162. The van der Waals surface area contributed by atoms with Crippen molar-refractivity contribution in [2.75, 3.05) is 30.9 Å². The topological polar surface area (TPSA) is 69.7 Å². The summed E-state index contributed by atoms with van der Waals surface area (Å²) in [6, 6.07) is 5.08. The van der Waals surface area contributed by atoms with E-state index < -0.39 is 11.9 Å². The SMILES string of the molecule is CN(C)c1cc(C(F)(F)F)nc(NCCc2nc3ccc(F)cc3[nH]2)n1. The monoisotopic (exact) mass is 368 g/mol. The number of H-pyrrole nitrogens is 1. The zero-order chi connectivity index (χ0) is 18.9. The van der Waals surface area contributed by atoms with E-state index >= 15 is 0 Å². The second-order valence-corrected chi connectivity index (χ2v) is 5.85. The highest BCUT2D eigenvalue weighted by Gasteiger charge is 2.34. The van der Waals surface area contributed by atoms with E-state index in [1.54, 1.807) is 20.2 Å². The summed E-state index contributed by atoms with van der Waals surface area (Å²) in [5.74, 6) is 0.233. The van der Waals surface area contributed by atoms with Gasteiger partial charge in [0.05, 0.1) is 11.0 Å². The van der Waals surface area contributed by atoms with Crippen LogP contribution >= 0.6 is 0 Å². The molecule has 6 nitrogen and oxygen atoms in total. The molecule has 0 radical (unpaired) electrons. The Morgan fingerprint density at radius 3 is 2.58 bits per heavy atom. The Labute approximate surface area is 146 Å². The number of fused-ring (bicyclic) bond motifs is 1. The first-order chi connectivity index (χ1) is 12.2. The highest BCUT2D eigenvalue weighted by atomic mass is 19.4. The summed E-state index contributed by atoms with van der Waals surface area (Å²) in [5, 5.41) is 2.77. The molecule has 0 atom stereocenters. The fraction of sp³-hybridized carbons (Fsp3) is 0.312. The van der Waals surface area contributed by atoms with Crippen LogP contribution in [0.25, 0.3) is 11.0 Å². The van der Waals surface area contributed by atoms with Crippen molar-refractivity contribution in [2.45, 2.75) is 12.6 Å². The van der Waals surface area contributed by atoms with Crippen LogP contribution in [-0.4, -0.2) is 40.6 Å². The van der Waals surface area contributed by atoms with Crippen molar-refractivity contribution in [1.29, 1.82) is 0 Å². The molecule has 0 bridgehead atoms. The van der Waals surface area contributed by atoms with Gasteiger partial charge >= 0.3 is 6.18 Å². The summed E-state index contributed by atoms with van der Waals surface area (Å²) in [4.78, 5) is 16.3. The van der Waals surface area contributed by atoms with Crippen LogP contribution in [0.2, 0.25) is 0 Å². The molecule has 3 rings (SSSR count). The second-order valence-electron chi connectivity index (χ2n) is 5.85. The second kappa shape index (κ2) is 6.77. The minimum atomic E-state index is -4.56. The maximum absolute atomic E-state index is 13.2. The molecule has 0 saturated carbocycles. The number of aromatic amines is 1. The van der Waals surface area contributed by atoms with Crippen LogP contribution in [-0.2, 0) is 12.6 Å². The van der Waals surface area contributed by atoms with Crippen LogP contribution in [0, 0.1) is 5.82 Å². The number of imidazole rings is 1. The van der Waals surface area contributed by atoms with Gasteiger partial charge in [-0.1, -0.05) is 0 Å². The van der Waals surface area contributed by atoms with Gasteiger partial charge in [0, 0.05) is 33.1 Å². The minimum Gasteiger partial charge on any atom is -0.363 e. The smallest absolute Gasteiger partial charge is 0.363 e. The molecule has 10 heteroatoms. The third kappa shape index (κ3) is 4.01. The maximum atomic E-state index is 13.2. The molecule has 0 fully saturated rings. The van der Waals surface area contributed by atoms with E-state index in [4.69, 9.17) is 0 Å². The predicted molar refractivity (Wildman–Crippen MR) is 89.6 cm³/mol. The van der Waals surface area contributed by atoms with Crippen LogP contribution in [0.4, 0.5) is 29.3 Å². The summed E-state index contributed by atoms with van der Waals surface area (Å²) in [6.45, 7) is 0.260. The number of hydrogen-bond acceptors (Lipinski definition) is 5. The Morgan fingerprint density at radius 1 is 1.12 bits per heavy atom. The Morgan fingerprint density at radius 2 is 1.88 bits per heavy atom. The fourth-order valence-electron chi connectivity index (χ4n) is 2.33. The molecule has 2 N–H and O–H groups in total. The van der Waals surface area contributed by atoms with E-state index in [0.717, 1.165) is 6.07 Å². The third-order valence-corrected chi connectivity index (χ3v) is 3.60. The molecule has 1 aromatic carbocycles. The Balaban J connectivity index is 1.73. The molecule has 2 aromatic heterocycles. The molecule has 0 saturated heterocycles. The van der Waals surface area contributed by atoms with Gasteiger partial charge < -0.3 is 15.2 Å². The average molecular weight is 368 g/mol. The predicted octanol–water partition coefficient (Wildman–Crippen LogP) is 3.23. The molecule has 0 aliphatic rings. The number of anilines is 2. The van der Waals surface area contributed by atoms with E-state index in [1.807, 2.05) is 0 Å². The van der Waals surface area contributed by atoms with Gasteiger partial charge in [0.25, 0.3) is 0 Å². The number of alkyl halides is 3. The van der Waals surface area contributed by atoms with Gasteiger partial charge in [-0.3, -0.25) is 0 Å². The molecule has 3 aromatic rings. The highest BCUT2D eigenvalue weighted by Crippen LogP contribution is 2.30.